The van der Waals surface area contributed by atoms with Crippen LogP contribution in [0, 0.1) is 0 Å². The van der Waals surface area contributed by atoms with Gasteiger partial charge in [0.15, 0.2) is 0 Å². The predicted molar refractivity (Wildman–Crippen MR) is 107 cm³/mol. The summed E-state index contributed by atoms with van der Waals surface area (Å²) in [6, 6.07) is 14.1. The first-order valence-corrected chi connectivity index (χ1v) is 10.2. The molecule has 2 aromatic carbocycles. The molecule has 2 aromatic rings. The standard InChI is InChI=1S/C18H22BrN3O3S/c1-21(2)16-6-4-5-14(11-16)12-20-18(23)13-22(3)26(24,25)17-9-7-15(19)8-10-17/h4-11H,12-13H2,1-3H3,(H,20,23). The van der Waals surface area contributed by atoms with Crippen LogP contribution < -0.4 is 10.2 Å². The highest BCUT2D eigenvalue weighted by molar-refractivity contribution is 9.10. The number of likely N-dealkylation sites (N-methyl/N-ethyl adjacent to an activating group) is 1. The van der Waals surface area contributed by atoms with Gasteiger partial charge in [-0.25, -0.2) is 8.42 Å². The highest BCUT2D eigenvalue weighted by Gasteiger charge is 2.22. The van der Waals surface area contributed by atoms with E-state index < -0.39 is 10.0 Å². The molecule has 6 nitrogen and oxygen atoms in total. The van der Waals surface area contributed by atoms with Crippen LogP contribution in [-0.2, 0) is 21.4 Å². The minimum absolute atomic E-state index is 0.148. The van der Waals surface area contributed by atoms with Crippen LogP contribution in [0.3, 0.4) is 0 Å². The third-order valence-electron chi connectivity index (χ3n) is 3.80. The third-order valence-corrected chi connectivity index (χ3v) is 6.15. The molecule has 0 bridgehead atoms. The summed E-state index contributed by atoms with van der Waals surface area (Å²) in [5.74, 6) is -0.358. The molecule has 0 aliphatic rings. The lowest BCUT2D eigenvalue weighted by atomic mass is 10.2. The van der Waals surface area contributed by atoms with Crippen LogP contribution in [0.2, 0.25) is 0 Å². The molecule has 0 saturated heterocycles. The summed E-state index contributed by atoms with van der Waals surface area (Å²) < 4.78 is 26.8. The molecule has 8 heteroatoms. The lowest BCUT2D eigenvalue weighted by Crippen LogP contribution is -2.38. The van der Waals surface area contributed by atoms with Gasteiger partial charge in [-0.05, 0) is 42.0 Å². The minimum atomic E-state index is -3.71. The van der Waals surface area contributed by atoms with E-state index in [-0.39, 0.29) is 17.3 Å². The molecule has 0 heterocycles. The monoisotopic (exact) mass is 439 g/mol. The first-order chi connectivity index (χ1) is 12.2. The molecule has 0 unspecified atom stereocenters. The second-order valence-electron chi connectivity index (χ2n) is 6.06. The average molecular weight is 440 g/mol. The van der Waals surface area contributed by atoms with Crippen molar-refractivity contribution in [3.63, 3.8) is 0 Å². The van der Waals surface area contributed by atoms with E-state index in [1.165, 1.54) is 19.2 Å². The second-order valence-corrected chi connectivity index (χ2v) is 9.02. The Morgan fingerprint density at radius 2 is 1.73 bits per heavy atom. The number of benzene rings is 2. The summed E-state index contributed by atoms with van der Waals surface area (Å²) in [7, 11) is 1.57. The van der Waals surface area contributed by atoms with Gasteiger partial charge in [0.25, 0.3) is 0 Å². The molecular weight excluding hydrogens is 418 g/mol. The molecule has 1 amide bonds. The number of amides is 1. The van der Waals surface area contributed by atoms with Crippen LogP contribution in [0.1, 0.15) is 5.56 Å². The van der Waals surface area contributed by atoms with Crippen molar-refractivity contribution >= 4 is 37.5 Å². The van der Waals surface area contributed by atoms with E-state index in [0.717, 1.165) is 20.0 Å². The number of nitrogens with zero attached hydrogens (tertiary/aromatic N) is 2. The number of anilines is 1. The highest BCUT2D eigenvalue weighted by atomic mass is 79.9. The fourth-order valence-corrected chi connectivity index (χ4v) is 3.67. The Hall–Kier alpha value is -1.90. The van der Waals surface area contributed by atoms with Gasteiger partial charge < -0.3 is 10.2 Å². The van der Waals surface area contributed by atoms with E-state index in [0.29, 0.717) is 6.54 Å². The maximum Gasteiger partial charge on any atom is 0.243 e. The molecule has 140 valence electrons. The zero-order valence-corrected chi connectivity index (χ0v) is 17.3. The summed E-state index contributed by atoms with van der Waals surface area (Å²) in [6.45, 7) is 0.0957. The molecule has 0 saturated carbocycles. The molecule has 0 atom stereocenters. The van der Waals surface area contributed by atoms with Gasteiger partial charge in [0.1, 0.15) is 0 Å². The van der Waals surface area contributed by atoms with E-state index in [9.17, 15) is 13.2 Å². The second kappa shape index (κ2) is 8.66. The van der Waals surface area contributed by atoms with Gasteiger partial charge in [-0.15, -0.1) is 0 Å². The van der Waals surface area contributed by atoms with Gasteiger partial charge in [-0.1, -0.05) is 28.1 Å². The number of carbonyl (C=O) groups excluding carboxylic acids is 1. The van der Waals surface area contributed by atoms with Gasteiger partial charge in [0.2, 0.25) is 15.9 Å². The van der Waals surface area contributed by atoms with Crippen molar-refractivity contribution < 1.29 is 13.2 Å². The Morgan fingerprint density at radius 1 is 1.08 bits per heavy atom. The predicted octanol–water partition coefficient (Wildman–Crippen LogP) is 2.45. The summed E-state index contributed by atoms with van der Waals surface area (Å²) in [5.41, 5.74) is 1.98. The van der Waals surface area contributed by atoms with Crippen molar-refractivity contribution in [3.8, 4) is 0 Å². The first kappa shape index (κ1) is 20.4. The molecule has 0 radical (unpaired) electrons. The fourth-order valence-electron chi connectivity index (χ4n) is 2.27. The smallest absolute Gasteiger partial charge is 0.243 e. The normalized spacial score (nSPS) is 11.4. The molecular formula is C18H22BrN3O3S. The summed E-state index contributed by atoms with van der Waals surface area (Å²) in [6.07, 6.45) is 0. The van der Waals surface area contributed by atoms with Crippen LogP contribution >= 0.6 is 15.9 Å². The van der Waals surface area contributed by atoms with E-state index in [1.54, 1.807) is 12.1 Å². The van der Waals surface area contributed by atoms with Gasteiger partial charge in [0.05, 0.1) is 11.4 Å². The third kappa shape index (κ3) is 5.30. The molecule has 0 aliphatic carbocycles. The quantitative estimate of drug-likeness (QED) is 0.718. The average Bonchev–Trinajstić information content (AvgIpc) is 2.60. The summed E-state index contributed by atoms with van der Waals surface area (Å²) in [5, 5.41) is 2.76. The van der Waals surface area contributed by atoms with E-state index in [4.69, 9.17) is 0 Å². The first-order valence-electron chi connectivity index (χ1n) is 7.95. The number of sulfonamides is 1. The highest BCUT2D eigenvalue weighted by Crippen LogP contribution is 2.18. The van der Waals surface area contributed by atoms with Crippen molar-refractivity contribution in [1.29, 1.82) is 0 Å². The van der Waals surface area contributed by atoms with Crippen molar-refractivity contribution in [2.45, 2.75) is 11.4 Å². The number of hydrogen-bond acceptors (Lipinski definition) is 4. The zero-order chi connectivity index (χ0) is 19.3. The SMILES string of the molecule is CN(C)c1cccc(CNC(=O)CN(C)S(=O)(=O)c2ccc(Br)cc2)c1. The molecule has 1 N–H and O–H groups in total. The Bertz CT molecular complexity index is 868. The van der Waals surface area contributed by atoms with Crippen LogP contribution in [-0.4, -0.2) is 46.3 Å². The van der Waals surface area contributed by atoms with Crippen LogP contribution in [0.4, 0.5) is 5.69 Å². The number of nitrogens with one attached hydrogen (secondary N) is 1. The molecule has 0 aromatic heterocycles. The Balaban J connectivity index is 1.96. The van der Waals surface area contributed by atoms with Gasteiger partial charge in [-0.2, -0.15) is 4.31 Å². The summed E-state index contributed by atoms with van der Waals surface area (Å²) >= 11 is 3.27. The van der Waals surface area contributed by atoms with Crippen molar-refractivity contribution in [3.05, 3.63) is 58.6 Å². The van der Waals surface area contributed by atoms with E-state index >= 15 is 0 Å². The van der Waals surface area contributed by atoms with Gasteiger partial charge in [-0.3, -0.25) is 4.79 Å². The molecule has 0 aliphatic heterocycles. The molecule has 26 heavy (non-hydrogen) atoms. The number of hydrogen-bond donors (Lipinski definition) is 1. The van der Waals surface area contributed by atoms with Crippen LogP contribution in [0.15, 0.2) is 57.9 Å². The maximum absolute atomic E-state index is 12.5. The lowest BCUT2D eigenvalue weighted by Gasteiger charge is -2.17. The van der Waals surface area contributed by atoms with Gasteiger partial charge >= 0.3 is 0 Å². The molecule has 2 rings (SSSR count). The topological polar surface area (TPSA) is 69.7 Å². The zero-order valence-electron chi connectivity index (χ0n) is 14.9. The largest absolute Gasteiger partial charge is 0.378 e. The van der Waals surface area contributed by atoms with Crippen LogP contribution in [0.5, 0.6) is 0 Å². The van der Waals surface area contributed by atoms with Crippen LogP contribution in [0.25, 0.3) is 0 Å². The number of rotatable bonds is 7. The maximum atomic E-state index is 12.5. The van der Waals surface area contributed by atoms with Crippen molar-refractivity contribution in [1.82, 2.24) is 9.62 Å². The Labute approximate surface area is 163 Å². The lowest BCUT2D eigenvalue weighted by molar-refractivity contribution is -0.121. The fraction of sp³-hybridized carbons (Fsp3) is 0.278. The van der Waals surface area contributed by atoms with E-state index in [2.05, 4.69) is 21.2 Å². The summed E-state index contributed by atoms with van der Waals surface area (Å²) in [4.78, 5) is 14.3. The minimum Gasteiger partial charge on any atom is -0.378 e. The van der Waals surface area contributed by atoms with Crippen molar-refractivity contribution in [2.75, 3.05) is 32.6 Å². The molecule has 0 fully saturated rings. The number of carbonyl (C=O) groups is 1. The van der Waals surface area contributed by atoms with Crippen molar-refractivity contribution in [2.24, 2.45) is 0 Å². The Morgan fingerprint density at radius 3 is 2.35 bits per heavy atom. The number of halogens is 1. The Kier molecular flexibility index (Phi) is 6.80. The molecule has 0 spiro atoms. The van der Waals surface area contributed by atoms with E-state index in [1.807, 2.05) is 43.3 Å². The van der Waals surface area contributed by atoms with Gasteiger partial charge in [0, 0.05) is 37.8 Å².